The van der Waals surface area contributed by atoms with Crippen molar-refractivity contribution in [3.63, 3.8) is 0 Å². The SMILES string of the molecule is Cc1ccc(C2CN(CC#N)C(=O)N2C)c(C)c1. The Morgan fingerprint density at radius 1 is 1.44 bits per heavy atom. The largest absolute Gasteiger partial charge is 0.321 e. The zero-order valence-corrected chi connectivity index (χ0v) is 11.0. The summed E-state index contributed by atoms with van der Waals surface area (Å²) in [5, 5.41) is 8.72. The van der Waals surface area contributed by atoms with Crippen LogP contribution in [0.4, 0.5) is 4.79 Å². The lowest BCUT2D eigenvalue weighted by atomic mass is 9.99. The highest BCUT2D eigenvalue weighted by Gasteiger charge is 2.35. The maximum absolute atomic E-state index is 12.0. The molecule has 1 aliphatic rings. The van der Waals surface area contributed by atoms with Crippen LogP contribution in [0.2, 0.25) is 0 Å². The molecular weight excluding hydrogens is 226 g/mol. The molecule has 0 radical (unpaired) electrons. The number of nitriles is 1. The van der Waals surface area contributed by atoms with E-state index >= 15 is 0 Å². The van der Waals surface area contributed by atoms with Crippen LogP contribution in [0.25, 0.3) is 0 Å². The average molecular weight is 243 g/mol. The number of carbonyl (C=O) groups excluding carboxylic acids is 1. The van der Waals surface area contributed by atoms with Crippen LogP contribution in [0.15, 0.2) is 18.2 Å². The van der Waals surface area contributed by atoms with Gasteiger partial charge in [0.2, 0.25) is 0 Å². The van der Waals surface area contributed by atoms with Crippen molar-refractivity contribution in [2.45, 2.75) is 19.9 Å². The first-order valence-corrected chi connectivity index (χ1v) is 6.00. The maximum atomic E-state index is 12.0. The highest BCUT2D eigenvalue weighted by Crippen LogP contribution is 2.30. The van der Waals surface area contributed by atoms with Gasteiger partial charge >= 0.3 is 6.03 Å². The Hall–Kier alpha value is -2.02. The van der Waals surface area contributed by atoms with E-state index in [0.717, 1.165) is 5.56 Å². The van der Waals surface area contributed by atoms with Crippen molar-refractivity contribution >= 4 is 6.03 Å². The normalized spacial score (nSPS) is 19.2. The summed E-state index contributed by atoms with van der Waals surface area (Å²) in [6, 6.07) is 8.28. The molecule has 1 aliphatic heterocycles. The quantitative estimate of drug-likeness (QED) is 0.748. The van der Waals surface area contributed by atoms with E-state index in [0.29, 0.717) is 6.54 Å². The summed E-state index contributed by atoms with van der Waals surface area (Å²) in [6.07, 6.45) is 0. The van der Waals surface area contributed by atoms with Gasteiger partial charge in [0.05, 0.1) is 12.1 Å². The van der Waals surface area contributed by atoms with Gasteiger partial charge in [0.25, 0.3) is 0 Å². The average Bonchev–Trinajstić information content (AvgIpc) is 2.58. The van der Waals surface area contributed by atoms with E-state index in [2.05, 4.69) is 32.0 Å². The summed E-state index contributed by atoms with van der Waals surface area (Å²) in [6.45, 7) is 4.87. The van der Waals surface area contributed by atoms with Gasteiger partial charge in [-0.05, 0) is 25.0 Å². The van der Waals surface area contributed by atoms with Gasteiger partial charge in [0.1, 0.15) is 6.54 Å². The number of likely N-dealkylation sites (N-methyl/N-ethyl adjacent to an activating group) is 1. The van der Waals surface area contributed by atoms with E-state index in [1.807, 2.05) is 6.07 Å². The molecule has 4 nitrogen and oxygen atoms in total. The van der Waals surface area contributed by atoms with Crippen molar-refractivity contribution in [1.82, 2.24) is 9.80 Å². The van der Waals surface area contributed by atoms with Crippen molar-refractivity contribution in [3.05, 3.63) is 34.9 Å². The Morgan fingerprint density at radius 2 is 2.17 bits per heavy atom. The summed E-state index contributed by atoms with van der Waals surface area (Å²) in [7, 11) is 1.80. The number of nitrogens with zero attached hydrogens (tertiary/aromatic N) is 3. The molecule has 0 saturated carbocycles. The molecule has 0 aliphatic carbocycles. The molecule has 1 heterocycles. The van der Waals surface area contributed by atoms with Gasteiger partial charge in [-0.3, -0.25) is 0 Å². The fourth-order valence-corrected chi connectivity index (χ4v) is 2.49. The molecule has 94 valence electrons. The molecule has 1 atom stereocenters. The second-order valence-corrected chi connectivity index (χ2v) is 4.81. The standard InChI is InChI=1S/C14H17N3O/c1-10-4-5-12(11(2)8-10)13-9-17(7-6-15)14(18)16(13)3/h4-5,8,13H,7,9H2,1-3H3. The van der Waals surface area contributed by atoms with E-state index < -0.39 is 0 Å². The Bertz CT molecular complexity index is 518. The first-order valence-electron chi connectivity index (χ1n) is 6.00. The summed E-state index contributed by atoms with van der Waals surface area (Å²) in [5.41, 5.74) is 3.58. The molecule has 18 heavy (non-hydrogen) atoms. The van der Waals surface area contributed by atoms with Crippen LogP contribution in [-0.2, 0) is 0 Å². The third-order valence-corrected chi connectivity index (χ3v) is 3.48. The van der Waals surface area contributed by atoms with Crippen LogP contribution >= 0.6 is 0 Å². The summed E-state index contributed by atoms with van der Waals surface area (Å²) >= 11 is 0. The number of urea groups is 1. The Kier molecular flexibility index (Phi) is 3.24. The minimum absolute atomic E-state index is 0.0476. The zero-order valence-electron chi connectivity index (χ0n) is 11.0. The van der Waals surface area contributed by atoms with Crippen LogP contribution in [0.3, 0.4) is 0 Å². The van der Waals surface area contributed by atoms with Gasteiger partial charge in [-0.15, -0.1) is 0 Å². The van der Waals surface area contributed by atoms with Crippen molar-refractivity contribution in [3.8, 4) is 6.07 Å². The minimum Gasteiger partial charge on any atom is -0.319 e. The van der Waals surface area contributed by atoms with Crippen LogP contribution in [0.5, 0.6) is 0 Å². The van der Waals surface area contributed by atoms with E-state index in [-0.39, 0.29) is 18.6 Å². The third kappa shape index (κ3) is 2.04. The van der Waals surface area contributed by atoms with Gasteiger partial charge in [-0.2, -0.15) is 5.26 Å². The lowest BCUT2D eigenvalue weighted by Gasteiger charge is -2.20. The van der Waals surface area contributed by atoms with Crippen LogP contribution in [-0.4, -0.2) is 36.0 Å². The van der Waals surface area contributed by atoms with E-state index in [9.17, 15) is 4.79 Å². The van der Waals surface area contributed by atoms with Crippen molar-refractivity contribution in [2.75, 3.05) is 20.1 Å². The third-order valence-electron chi connectivity index (χ3n) is 3.48. The number of amides is 2. The van der Waals surface area contributed by atoms with Gasteiger partial charge < -0.3 is 9.80 Å². The summed E-state index contributed by atoms with van der Waals surface area (Å²) < 4.78 is 0. The fraction of sp³-hybridized carbons (Fsp3) is 0.429. The minimum atomic E-state index is -0.0680. The smallest absolute Gasteiger partial charge is 0.319 e. The van der Waals surface area contributed by atoms with Gasteiger partial charge in [-0.1, -0.05) is 23.8 Å². The van der Waals surface area contributed by atoms with Crippen LogP contribution in [0.1, 0.15) is 22.7 Å². The first kappa shape index (κ1) is 12.4. The molecule has 2 amide bonds. The first-order chi connectivity index (χ1) is 8.54. The highest BCUT2D eigenvalue weighted by molar-refractivity contribution is 5.77. The van der Waals surface area contributed by atoms with Gasteiger partial charge in [0.15, 0.2) is 0 Å². The lowest BCUT2D eigenvalue weighted by Crippen LogP contribution is -2.29. The van der Waals surface area contributed by atoms with Crippen LogP contribution < -0.4 is 0 Å². The number of hydrogen-bond donors (Lipinski definition) is 0. The number of rotatable bonds is 2. The second kappa shape index (κ2) is 4.69. The number of aryl methyl sites for hydroxylation is 2. The number of hydrogen-bond acceptors (Lipinski definition) is 2. The van der Waals surface area contributed by atoms with E-state index in [1.54, 1.807) is 16.8 Å². The molecule has 0 spiro atoms. The molecule has 2 rings (SSSR count). The fourth-order valence-electron chi connectivity index (χ4n) is 2.49. The predicted octanol–water partition coefficient (Wildman–Crippen LogP) is 2.24. The summed E-state index contributed by atoms with van der Waals surface area (Å²) in [4.78, 5) is 15.3. The number of carbonyl (C=O) groups is 1. The molecule has 4 heteroatoms. The highest BCUT2D eigenvalue weighted by atomic mass is 16.2. The van der Waals surface area contributed by atoms with Gasteiger partial charge in [-0.25, -0.2) is 4.79 Å². The van der Waals surface area contributed by atoms with E-state index in [4.69, 9.17) is 5.26 Å². The van der Waals surface area contributed by atoms with E-state index in [1.165, 1.54) is 11.1 Å². The zero-order chi connectivity index (χ0) is 13.3. The molecule has 0 N–H and O–H groups in total. The Labute approximate surface area is 107 Å². The topological polar surface area (TPSA) is 47.3 Å². The summed E-state index contributed by atoms with van der Waals surface area (Å²) in [5.74, 6) is 0. The van der Waals surface area contributed by atoms with Crippen molar-refractivity contribution in [1.29, 1.82) is 5.26 Å². The maximum Gasteiger partial charge on any atom is 0.321 e. The van der Waals surface area contributed by atoms with Crippen molar-refractivity contribution in [2.24, 2.45) is 0 Å². The predicted molar refractivity (Wildman–Crippen MR) is 69.0 cm³/mol. The molecule has 1 saturated heterocycles. The molecule has 1 aromatic rings. The van der Waals surface area contributed by atoms with Crippen molar-refractivity contribution < 1.29 is 4.79 Å². The van der Waals surface area contributed by atoms with Crippen LogP contribution in [0, 0.1) is 25.2 Å². The lowest BCUT2D eigenvalue weighted by molar-refractivity contribution is 0.199. The molecule has 0 aromatic heterocycles. The molecular formula is C14H17N3O. The molecule has 1 unspecified atom stereocenters. The molecule has 1 aromatic carbocycles. The monoisotopic (exact) mass is 243 g/mol. The molecule has 0 bridgehead atoms. The Balaban J connectivity index is 2.29. The van der Waals surface area contributed by atoms with Gasteiger partial charge in [0, 0.05) is 13.6 Å². The Morgan fingerprint density at radius 3 is 2.78 bits per heavy atom. The molecule has 1 fully saturated rings. The number of benzene rings is 1. The second-order valence-electron chi connectivity index (χ2n) is 4.81.